The monoisotopic (exact) mass is 378 g/mol. The summed E-state index contributed by atoms with van der Waals surface area (Å²) in [6.45, 7) is 8.89. The molecule has 1 aliphatic rings. The molecule has 102 valence electrons. The molecule has 0 radical (unpaired) electrons. The normalized spacial score (nSPS) is 13.6. The van der Waals surface area contributed by atoms with E-state index in [1.54, 1.807) is 6.33 Å². The van der Waals surface area contributed by atoms with Crippen LogP contribution in [0.1, 0.15) is 13.8 Å². The lowest BCUT2D eigenvalue weighted by atomic mass is 10.1. The first-order valence-electron chi connectivity index (χ1n) is 6.37. The third-order valence-electron chi connectivity index (χ3n) is 3.42. The van der Waals surface area contributed by atoms with Crippen molar-refractivity contribution in [2.24, 2.45) is 0 Å². The van der Waals surface area contributed by atoms with Crippen LogP contribution in [0.4, 0.5) is 5.69 Å². The Balaban J connectivity index is 2.35. The maximum absolute atomic E-state index is 4.43. The van der Waals surface area contributed by atoms with E-state index in [2.05, 4.69) is 76.2 Å². The molecule has 0 saturated carbocycles. The number of benzene rings is 1. The number of hydrogen-bond acceptors (Lipinski definition) is 3. The largest absolute Gasteiger partial charge is 0.319 e. The van der Waals surface area contributed by atoms with E-state index in [-0.39, 0.29) is 0 Å². The maximum Gasteiger partial charge on any atom is 0.160 e. The molecule has 0 aliphatic carbocycles. The highest BCUT2D eigenvalue weighted by Crippen LogP contribution is 2.37. The van der Waals surface area contributed by atoms with E-state index < -0.39 is 0 Å². The molecular weight excluding hydrogens is 363 g/mol. The highest BCUT2D eigenvalue weighted by molar-refractivity contribution is 14.1. The van der Waals surface area contributed by atoms with Crippen LogP contribution >= 0.6 is 22.6 Å². The third-order valence-corrected chi connectivity index (χ3v) is 4.10. The van der Waals surface area contributed by atoms with Crippen LogP contribution in [-0.2, 0) is 6.54 Å². The van der Waals surface area contributed by atoms with Crippen molar-refractivity contribution in [3.8, 4) is 11.4 Å². The van der Waals surface area contributed by atoms with Gasteiger partial charge in [-0.3, -0.25) is 0 Å². The highest BCUT2D eigenvalue weighted by Gasteiger charge is 2.24. The predicted octanol–water partition coefficient (Wildman–Crippen LogP) is 3.81. The summed E-state index contributed by atoms with van der Waals surface area (Å²) >= 11 is 2.32. The van der Waals surface area contributed by atoms with Crippen LogP contribution in [0.3, 0.4) is 0 Å². The molecule has 2 aromatic rings. The van der Waals surface area contributed by atoms with Gasteiger partial charge in [0, 0.05) is 21.0 Å². The molecule has 0 bridgehead atoms. The second-order valence-electron chi connectivity index (χ2n) is 4.90. The summed E-state index contributed by atoms with van der Waals surface area (Å²) in [5.74, 6) is 0.904. The number of hydrogen-bond donors (Lipinski definition) is 0. The molecule has 1 aliphatic heterocycles. The average molecular weight is 378 g/mol. The Kier molecular flexibility index (Phi) is 3.37. The Morgan fingerprint density at radius 3 is 2.90 bits per heavy atom. The number of rotatable bonds is 1. The molecule has 0 fully saturated rings. The van der Waals surface area contributed by atoms with E-state index in [1.165, 1.54) is 14.8 Å². The van der Waals surface area contributed by atoms with Gasteiger partial charge in [-0.25, -0.2) is 9.67 Å². The van der Waals surface area contributed by atoms with Crippen LogP contribution in [0.25, 0.3) is 11.4 Å². The van der Waals surface area contributed by atoms with Gasteiger partial charge in [-0.15, -0.1) is 0 Å². The molecule has 2 heterocycles. The van der Waals surface area contributed by atoms with E-state index in [4.69, 9.17) is 0 Å². The lowest BCUT2D eigenvalue weighted by Gasteiger charge is -2.24. The average Bonchev–Trinajstić information content (AvgIpc) is 2.83. The Labute approximate surface area is 132 Å². The number of anilines is 1. The minimum atomic E-state index is 0.703. The molecule has 0 saturated heterocycles. The second-order valence-corrected chi connectivity index (χ2v) is 6.15. The van der Waals surface area contributed by atoms with Gasteiger partial charge >= 0.3 is 0 Å². The van der Waals surface area contributed by atoms with Crippen molar-refractivity contribution in [1.29, 1.82) is 0 Å². The van der Waals surface area contributed by atoms with E-state index in [9.17, 15) is 0 Å². The van der Waals surface area contributed by atoms with E-state index in [1.807, 2.05) is 10.9 Å². The molecule has 3 rings (SSSR count). The summed E-state index contributed by atoms with van der Waals surface area (Å²) in [5.41, 5.74) is 4.62. The van der Waals surface area contributed by atoms with Crippen molar-refractivity contribution in [3.05, 3.63) is 52.1 Å². The standard InChI is InChI=1S/C15H15IN4/c1-4-19-13-6-5-11(16)7-12(13)15-17-9-18-20(15)8-14(19)10(2)3/h4-7,9H,1,8H2,2-3H3. The number of allylic oxidation sites excluding steroid dienone is 2. The number of fused-ring (bicyclic) bond motifs is 3. The van der Waals surface area contributed by atoms with Gasteiger partial charge in [-0.05, 0) is 54.6 Å². The first-order chi connectivity index (χ1) is 9.61. The topological polar surface area (TPSA) is 34.0 Å². The molecule has 0 amide bonds. The number of halogens is 1. The minimum absolute atomic E-state index is 0.703. The van der Waals surface area contributed by atoms with E-state index in [0.29, 0.717) is 6.54 Å². The van der Waals surface area contributed by atoms with Crippen molar-refractivity contribution in [1.82, 2.24) is 14.8 Å². The first kappa shape index (κ1) is 13.4. The summed E-state index contributed by atoms with van der Waals surface area (Å²) < 4.78 is 3.13. The quantitative estimate of drug-likeness (QED) is 0.708. The van der Waals surface area contributed by atoms with Crippen LogP contribution in [0.15, 0.2) is 48.6 Å². The first-order valence-corrected chi connectivity index (χ1v) is 7.45. The zero-order valence-electron chi connectivity index (χ0n) is 11.5. The van der Waals surface area contributed by atoms with Gasteiger partial charge in [0.1, 0.15) is 6.33 Å². The van der Waals surface area contributed by atoms with Crippen LogP contribution in [0.5, 0.6) is 0 Å². The van der Waals surface area contributed by atoms with Crippen LogP contribution in [0.2, 0.25) is 0 Å². The number of nitrogens with zero attached hydrogens (tertiary/aromatic N) is 4. The van der Waals surface area contributed by atoms with E-state index >= 15 is 0 Å². The molecule has 1 aromatic heterocycles. The van der Waals surface area contributed by atoms with Crippen molar-refractivity contribution in [2.45, 2.75) is 20.4 Å². The fourth-order valence-electron chi connectivity index (χ4n) is 2.46. The molecule has 0 N–H and O–H groups in total. The zero-order valence-corrected chi connectivity index (χ0v) is 13.6. The number of aromatic nitrogens is 3. The van der Waals surface area contributed by atoms with E-state index in [0.717, 1.165) is 17.1 Å². The lowest BCUT2D eigenvalue weighted by molar-refractivity contribution is 0.675. The predicted molar refractivity (Wildman–Crippen MR) is 89.2 cm³/mol. The molecule has 5 heteroatoms. The van der Waals surface area contributed by atoms with Crippen molar-refractivity contribution < 1.29 is 0 Å². The summed E-state index contributed by atoms with van der Waals surface area (Å²) in [6.07, 6.45) is 3.48. The highest BCUT2D eigenvalue weighted by atomic mass is 127. The molecule has 0 spiro atoms. The van der Waals surface area contributed by atoms with Crippen LogP contribution in [-0.4, -0.2) is 14.8 Å². The van der Waals surface area contributed by atoms with Gasteiger partial charge < -0.3 is 4.90 Å². The Hall–Kier alpha value is -1.63. The fraction of sp³-hybridized carbons (Fsp3) is 0.200. The van der Waals surface area contributed by atoms with Crippen LogP contribution in [0, 0.1) is 3.57 Å². The van der Waals surface area contributed by atoms with Gasteiger partial charge in [0.05, 0.1) is 12.2 Å². The van der Waals surface area contributed by atoms with Crippen molar-refractivity contribution in [2.75, 3.05) is 4.90 Å². The third kappa shape index (κ3) is 2.06. The van der Waals surface area contributed by atoms with Crippen LogP contribution < -0.4 is 4.90 Å². The van der Waals surface area contributed by atoms with Gasteiger partial charge in [0.25, 0.3) is 0 Å². The van der Waals surface area contributed by atoms with Crippen molar-refractivity contribution >= 4 is 28.3 Å². The molecule has 1 aromatic carbocycles. The van der Waals surface area contributed by atoms with Gasteiger partial charge in [0.2, 0.25) is 0 Å². The van der Waals surface area contributed by atoms with Crippen molar-refractivity contribution in [3.63, 3.8) is 0 Å². The van der Waals surface area contributed by atoms with Gasteiger partial charge in [-0.2, -0.15) is 5.10 Å². The molecule has 20 heavy (non-hydrogen) atoms. The summed E-state index contributed by atoms with van der Waals surface area (Å²) in [5, 5.41) is 4.35. The minimum Gasteiger partial charge on any atom is -0.319 e. The smallest absolute Gasteiger partial charge is 0.160 e. The molecule has 0 atom stereocenters. The maximum atomic E-state index is 4.43. The lowest BCUT2D eigenvalue weighted by Crippen LogP contribution is -2.19. The summed E-state index contributed by atoms with van der Waals surface area (Å²) in [7, 11) is 0. The van der Waals surface area contributed by atoms with Gasteiger partial charge in [-0.1, -0.05) is 12.2 Å². The zero-order chi connectivity index (χ0) is 14.3. The molecular formula is C15H15IN4. The Bertz CT molecular complexity index is 710. The Morgan fingerprint density at radius 2 is 2.20 bits per heavy atom. The summed E-state index contributed by atoms with van der Waals surface area (Å²) in [6, 6.07) is 6.36. The molecule has 0 unspecified atom stereocenters. The molecule has 4 nitrogen and oxygen atoms in total. The second kappa shape index (κ2) is 5.05. The Morgan fingerprint density at radius 1 is 1.40 bits per heavy atom. The van der Waals surface area contributed by atoms with Gasteiger partial charge in [0.15, 0.2) is 5.82 Å². The SMILES string of the molecule is C=CN1C(=C(C)C)Cn2ncnc2-c2cc(I)ccc21. The fourth-order valence-corrected chi connectivity index (χ4v) is 2.95. The summed E-state index contributed by atoms with van der Waals surface area (Å²) in [4.78, 5) is 6.56.